The smallest absolute Gasteiger partial charge is 0.0622 e. The number of nitrogens with one attached hydrogen (secondary N) is 1. The topological polar surface area (TPSA) is 56.5 Å². The molecule has 0 saturated heterocycles. The van der Waals surface area contributed by atoms with Gasteiger partial charge in [-0.3, -0.25) is 0 Å². The van der Waals surface area contributed by atoms with E-state index < -0.39 is 0 Å². The molecule has 17 heavy (non-hydrogen) atoms. The van der Waals surface area contributed by atoms with E-state index in [-0.39, 0.29) is 0 Å². The van der Waals surface area contributed by atoms with Crippen LogP contribution < -0.4 is 11.1 Å². The Bertz CT molecular complexity index is 165. The molecule has 0 bridgehead atoms. The highest BCUT2D eigenvalue weighted by Crippen LogP contribution is 2.06. The first-order valence-corrected chi connectivity index (χ1v) is 6.68. The van der Waals surface area contributed by atoms with E-state index >= 15 is 0 Å². The molecule has 0 aromatic carbocycles. The average molecular weight is 246 g/mol. The molecule has 0 aliphatic rings. The monoisotopic (exact) mass is 246 g/mol. The molecule has 0 aromatic rings. The molecule has 3 N–H and O–H groups in total. The molecule has 2 unspecified atom stereocenters. The number of nitrogens with two attached hydrogens (primary N) is 1. The SMILES string of the molecule is CCOCC(NC(CCCN)COC)C(C)C. The maximum Gasteiger partial charge on any atom is 0.0622 e. The van der Waals surface area contributed by atoms with E-state index in [1.165, 1.54) is 0 Å². The Morgan fingerprint density at radius 1 is 1.24 bits per heavy atom. The minimum absolute atomic E-state index is 0.372. The number of hydrogen-bond acceptors (Lipinski definition) is 4. The van der Waals surface area contributed by atoms with Gasteiger partial charge in [-0.2, -0.15) is 0 Å². The number of rotatable bonds is 11. The lowest BCUT2D eigenvalue weighted by Crippen LogP contribution is -2.46. The van der Waals surface area contributed by atoms with Crippen molar-refractivity contribution in [1.29, 1.82) is 0 Å². The van der Waals surface area contributed by atoms with Crippen molar-refractivity contribution in [3.05, 3.63) is 0 Å². The van der Waals surface area contributed by atoms with Gasteiger partial charge in [0.1, 0.15) is 0 Å². The van der Waals surface area contributed by atoms with Gasteiger partial charge in [-0.05, 0) is 32.2 Å². The van der Waals surface area contributed by atoms with Crippen molar-refractivity contribution in [2.45, 2.75) is 45.7 Å². The maximum absolute atomic E-state index is 5.55. The van der Waals surface area contributed by atoms with Gasteiger partial charge in [-0.25, -0.2) is 0 Å². The summed E-state index contributed by atoms with van der Waals surface area (Å²) in [6.07, 6.45) is 2.08. The van der Waals surface area contributed by atoms with Crippen LogP contribution in [0.2, 0.25) is 0 Å². The lowest BCUT2D eigenvalue weighted by molar-refractivity contribution is 0.0892. The van der Waals surface area contributed by atoms with Crippen LogP contribution in [0.25, 0.3) is 0 Å². The number of hydrogen-bond donors (Lipinski definition) is 2. The number of ether oxygens (including phenoxy) is 2. The van der Waals surface area contributed by atoms with Crippen molar-refractivity contribution >= 4 is 0 Å². The molecule has 0 spiro atoms. The summed E-state index contributed by atoms with van der Waals surface area (Å²) < 4.78 is 10.8. The van der Waals surface area contributed by atoms with Crippen molar-refractivity contribution in [2.75, 3.05) is 33.5 Å². The largest absolute Gasteiger partial charge is 0.383 e. The van der Waals surface area contributed by atoms with Crippen LogP contribution in [0.4, 0.5) is 0 Å². The van der Waals surface area contributed by atoms with Gasteiger partial charge in [0.05, 0.1) is 13.2 Å². The fourth-order valence-corrected chi connectivity index (χ4v) is 1.76. The summed E-state index contributed by atoms with van der Waals surface area (Å²) in [6, 6.07) is 0.754. The highest BCUT2D eigenvalue weighted by Gasteiger charge is 2.18. The van der Waals surface area contributed by atoms with Crippen LogP contribution in [0.1, 0.15) is 33.6 Å². The van der Waals surface area contributed by atoms with Crippen molar-refractivity contribution in [3.63, 3.8) is 0 Å². The molecular weight excluding hydrogens is 216 g/mol. The molecule has 4 heteroatoms. The molecule has 0 amide bonds. The second kappa shape index (κ2) is 11.0. The minimum atomic E-state index is 0.372. The first kappa shape index (κ1) is 16.8. The normalized spacial score (nSPS) is 15.2. The Morgan fingerprint density at radius 2 is 1.94 bits per heavy atom. The Balaban J connectivity index is 4.13. The predicted molar refractivity (Wildman–Crippen MR) is 72.2 cm³/mol. The lowest BCUT2D eigenvalue weighted by atomic mass is 10.0. The second-order valence-corrected chi connectivity index (χ2v) is 4.76. The maximum atomic E-state index is 5.55. The van der Waals surface area contributed by atoms with E-state index in [2.05, 4.69) is 19.2 Å². The van der Waals surface area contributed by atoms with Gasteiger partial charge < -0.3 is 20.5 Å². The molecule has 0 aliphatic heterocycles. The lowest BCUT2D eigenvalue weighted by Gasteiger charge is -2.28. The van der Waals surface area contributed by atoms with Gasteiger partial charge in [-0.1, -0.05) is 13.8 Å². The van der Waals surface area contributed by atoms with Crippen LogP contribution >= 0.6 is 0 Å². The molecule has 0 aromatic heterocycles. The fraction of sp³-hybridized carbons (Fsp3) is 1.00. The fourth-order valence-electron chi connectivity index (χ4n) is 1.76. The Kier molecular flexibility index (Phi) is 10.9. The Hall–Kier alpha value is -0.160. The van der Waals surface area contributed by atoms with Crippen molar-refractivity contribution < 1.29 is 9.47 Å². The highest BCUT2D eigenvalue weighted by molar-refractivity contribution is 4.76. The zero-order valence-corrected chi connectivity index (χ0v) is 11.9. The van der Waals surface area contributed by atoms with E-state index in [0.717, 1.165) is 39.2 Å². The number of methoxy groups -OCH3 is 1. The Morgan fingerprint density at radius 3 is 2.41 bits per heavy atom. The molecule has 0 radical (unpaired) electrons. The molecule has 4 nitrogen and oxygen atoms in total. The van der Waals surface area contributed by atoms with Crippen LogP contribution in [0.3, 0.4) is 0 Å². The molecular formula is C13H30N2O2. The molecule has 0 heterocycles. The quantitative estimate of drug-likeness (QED) is 0.578. The van der Waals surface area contributed by atoms with Gasteiger partial charge >= 0.3 is 0 Å². The molecule has 0 fully saturated rings. The summed E-state index contributed by atoms with van der Waals surface area (Å²) in [5, 5.41) is 3.62. The van der Waals surface area contributed by atoms with Crippen molar-refractivity contribution in [3.8, 4) is 0 Å². The summed E-state index contributed by atoms with van der Waals surface area (Å²) >= 11 is 0. The third-order valence-corrected chi connectivity index (χ3v) is 2.88. The zero-order valence-electron chi connectivity index (χ0n) is 11.9. The first-order valence-electron chi connectivity index (χ1n) is 6.68. The van der Waals surface area contributed by atoms with Gasteiger partial charge in [0, 0.05) is 25.8 Å². The van der Waals surface area contributed by atoms with Gasteiger partial charge in [0.2, 0.25) is 0 Å². The van der Waals surface area contributed by atoms with Gasteiger partial charge in [-0.15, -0.1) is 0 Å². The molecule has 2 atom stereocenters. The highest BCUT2D eigenvalue weighted by atomic mass is 16.5. The van der Waals surface area contributed by atoms with E-state index in [1.54, 1.807) is 7.11 Å². The molecule has 0 aliphatic carbocycles. The standard InChI is InChI=1S/C13H30N2O2/c1-5-17-10-13(11(2)3)15-12(9-16-4)7-6-8-14/h11-13,15H,5-10,14H2,1-4H3. The summed E-state index contributed by atoms with van der Waals surface area (Å²) in [7, 11) is 1.74. The van der Waals surface area contributed by atoms with E-state index in [1.807, 2.05) is 6.92 Å². The first-order chi connectivity index (χ1) is 8.15. The van der Waals surface area contributed by atoms with Crippen LogP contribution in [-0.2, 0) is 9.47 Å². The van der Waals surface area contributed by atoms with E-state index in [4.69, 9.17) is 15.2 Å². The van der Waals surface area contributed by atoms with Crippen LogP contribution in [0.15, 0.2) is 0 Å². The zero-order chi connectivity index (χ0) is 13.1. The van der Waals surface area contributed by atoms with Crippen molar-refractivity contribution in [1.82, 2.24) is 5.32 Å². The van der Waals surface area contributed by atoms with Crippen molar-refractivity contribution in [2.24, 2.45) is 11.7 Å². The molecule has 0 saturated carbocycles. The molecule has 104 valence electrons. The summed E-state index contributed by atoms with van der Waals surface area (Å²) in [5.74, 6) is 0.554. The third kappa shape index (κ3) is 8.55. The third-order valence-electron chi connectivity index (χ3n) is 2.88. The summed E-state index contributed by atoms with van der Waals surface area (Å²) in [5.41, 5.74) is 5.55. The van der Waals surface area contributed by atoms with Crippen LogP contribution in [0.5, 0.6) is 0 Å². The predicted octanol–water partition coefficient (Wildman–Crippen LogP) is 1.39. The summed E-state index contributed by atoms with van der Waals surface area (Å²) in [4.78, 5) is 0. The van der Waals surface area contributed by atoms with E-state index in [0.29, 0.717) is 18.0 Å². The van der Waals surface area contributed by atoms with Gasteiger partial charge in [0.15, 0.2) is 0 Å². The van der Waals surface area contributed by atoms with Crippen LogP contribution in [0, 0.1) is 5.92 Å². The van der Waals surface area contributed by atoms with Crippen LogP contribution in [-0.4, -0.2) is 45.6 Å². The average Bonchev–Trinajstić information content (AvgIpc) is 2.30. The molecule has 0 rings (SSSR count). The second-order valence-electron chi connectivity index (χ2n) is 4.76. The van der Waals surface area contributed by atoms with E-state index in [9.17, 15) is 0 Å². The van der Waals surface area contributed by atoms with Gasteiger partial charge in [0.25, 0.3) is 0 Å². The Labute approximate surface area is 106 Å². The summed E-state index contributed by atoms with van der Waals surface area (Å²) in [6.45, 7) is 9.44. The minimum Gasteiger partial charge on any atom is -0.383 e.